The van der Waals surface area contributed by atoms with E-state index in [9.17, 15) is 9.90 Å². The van der Waals surface area contributed by atoms with E-state index in [1.165, 1.54) is 0 Å². The number of aryl methyl sites for hydroxylation is 1. The molecule has 5 nitrogen and oxygen atoms in total. The van der Waals surface area contributed by atoms with Crippen LogP contribution in [0.5, 0.6) is 5.88 Å². The predicted molar refractivity (Wildman–Crippen MR) is 87.7 cm³/mol. The van der Waals surface area contributed by atoms with Gasteiger partial charge < -0.3 is 10.1 Å². The maximum absolute atomic E-state index is 12.1. The summed E-state index contributed by atoms with van der Waals surface area (Å²) in [5.41, 5.74) is 2.45. The first kappa shape index (κ1) is 14.5. The van der Waals surface area contributed by atoms with Crippen LogP contribution in [0.3, 0.4) is 0 Å². The SMILES string of the molecule is Cc1ccc2[nH]c(O)c(N=NC(=O)c3ccccc3Br)c2c1. The van der Waals surface area contributed by atoms with Crippen molar-refractivity contribution in [2.24, 2.45) is 10.2 Å². The Bertz CT molecular complexity index is 900. The van der Waals surface area contributed by atoms with E-state index in [2.05, 4.69) is 31.1 Å². The molecule has 0 unspecified atom stereocenters. The number of nitrogens with one attached hydrogen (secondary N) is 1. The Kier molecular flexibility index (Phi) is 3.77. The molecule has 3 aromatic rings. The van der Waals surface area contributed by atoms with Crippen LogP contribution >= 0.6 is 15.9 Å². The van der Waals surface area contributed by atoms with Crippen molar-refractivity contribution in [1.82, 2.24) is 4.98 Å². The van der Waals surface area contributed by atoms with Crippen molar-refractivity contribution in [1.29, 1.82) is 0 Å². The number of hydrogen-bond donors (Lipinski definition) is 2. The van der Waals surface area contributed by atoms with Crippen molar-refractivity contribution in [3.05, 3.63) is 58.1 Å². The molecule has 2 N–H and O–H groups in total. The standard InChI is InChI=1S/C16H12BrN3O2/c1-9-6-7-13-11(8-9)14(16(22)18-13)19-20-15(21)10-4-2-3-5-12(10)17/h2-8,18,22H,1H3. The van der Waals surface area contributed by atoms with Crippen LogP contribution in [0.25, 0.3) is 10.9 Å². The Hall–Kier alpha value is -2.47. The summed E-state index contributed by atoms with van der Waals surface area (Å²) < 4.78 is 0.651. The summed E-state index contributed by atoms with van der Waals surface area (Å²) in [7, 11) is 0. The lowest BCUT2D eigenvalue weighted by molar-refractivity contribution is 0.0994. The number of aromatic hydroxyl groups is 1. The first-order chi connectivity index (χ1) is 10.6. The highest BCUT2D eigenvalue weighted by molar-refractivity contribution is 9.10. The summed E-state index contributed by atoms with van der Waals surface area (Å²) in [4.78, 5) is 14.9. The molecule has 6 heteroatoms. The Morgan fingerprint density at radius 2 is 2.00 bits per heavy atom. The Balaban J connectivity index is 1.99. The molecule has 110 valence electrons. The summed E-state index contributed by atoms with van der Waals surface area (Å²) in [5, 5.41) is 18.3. The smallest absolute Gasteiger partial charge is 0.296 e. The van der Waals surface area contributed by atoms with Crippen LogP contribution in [0, 0.1) is 6.92 Å². The van der Waals surface area contributed by atoms with Crippen LogP contribution in [0.4, 0.5) is 5.69 Å². The average Bonchev–Trinajstić information content (AvgIpc) is 2.80. The molecular formula is C16H12BrN3O2. The highest BCUT2D eigenvalue weighted by atomic mass is 79.9. The quantitative estimate of drug-likeness (QED) is 0.641. The normalized spacial score (nSPS) is 11.4. The molecule has 0 aliphatic heterocycles. The van der Waals surface area contributed by atoms with Gasteiger partial charge in [-0.05, 0) is 47.1 Å². The molecule has 0 radical (unpaired) electrons. The van der Waals surface area contributed by atoms with Gasteiger partial charge in [0.15, 0.2) is 5.69 Å². The van der Waals surface area contributed by atoms with Crippen LogP contribution in [-0.2, 0) is 0 Å². The Morgan fingerprint density at radius 3 is 2.77 bits per heavy atom. The van der Waals surface area contributed by atoms with E-state index < -0.39 is 5.91 Å². The van der Waals surface area contributed by atoms with Gasteiger partial charge in [0, 0.05) is 9.86 Å². The molecule has 1 aromatic heterocycles. The molecule has 0 fully saturated rings. The highest BCUT2D eigenvalue weighted by Crippen LogP contribution is 2.36. The van der Waals surface area contributed by atoms with Gasteiger partial charge in [0.2, 0.25) is 5.88 Å². The van der Waals surface area contributed by atoms with Crippen LogP contribution in [0.2, 0.25) is 0 Å². The number of benzene rings is 2. The third-order valence-electron chi connectivity index (χ3n) is 3.25. The van der Waals surface area contributed by atoms with Gasteiger partial charge >= 0.3 is 0 Å². The number of rotatable bonds is 2. The summed E-state index contributed by atoms with van der Waals surface area (Å²) in [6.07, 6.45) is 0. The van der Waals surface area contributed by atoms with Crippen molar-refractivity contribution >= 4 is 38.4 Å². The lowest BCUT2D eigenvalue weighted by atomic mass is 10.1. The number of carbonyl (C=O) groups is 1. The van der Waals surface area contributed by atoms with Crippen molar-refractivity contribution in [2.75, 3.05) is 0 Å². The van der Waals surface area contributed by atoms with Crippen molar-refractivity contribution in [2.45, 2.75) is 6.92 Å². The lowest BCUT2D eigenvalue weighted by Crippen LogP contribution is -1.94. The van der Waals surface area contributed by atoms with Crippen LogP contribution in [0.1, 0.15) is 15.9 Å². The van der Waals surface area contributed by atoms with Gasteiger partial charge in [-0.3, -0.25) is 4.79 Å². The van der Waals surface area contributed by atoms with E-state index in [1.807, 2.05) is 31.2 Å². The zero-order valence-electron chi connectivity index (χ0n) is 11.7. The second-order valence-electron chi connectivity index (χ2n) is 4.86. The number of azo groups is 1. The van der Waals surface area contributed by atoms with E-state index in [0.717, 1.165) is 16.5 Å². The molecule has 22 heavy (non-hydrogen) atoms. The Labute approximate surface area is 134 Å². The maximum Gasteiger partial charge on any atom is 0.296 e. The highest BCUT2D eigenvalue weighted by Gasteiger charge is 2.12. The number of hydrogen-bond acceptors (Lipinski definition) is 3. The van der Waals surface area contributed by atoms with Crippen LogP contribution in [0.15, 0.2) is 57.2 Å². The molecule has 0 saturated heterocycles. The molecule has 0 saturated carbocycles. The lowest BCUT2D eigenvalue weighted by Gasteiger charge is -1.97. The zero-order chi connectivity index (χ0) is 15.7. The second-order valence-corrected chi connectivity index (χ2v) is 5.71. The second kappa shape index (κ2) is 5.73. The molecule has 0 atom stereocenters. The number of amides is 1. The summed E-state index contributed by atoms with van der Waals surface area (Å²) in [5.74, 6) is -0.585. The van der Waals surface area contributed by atoms with Gasteiger partial charge in [0.1, 0.15) is 0 Å². The molecular weight excluding hydrogens is 346 g/mol. The first-order valence-corrected chi connectivity index (χ1v) is 7.37. The van der Waals surface area contributed by atoms with Crippen molar-refractivity contribution < 1.29 is 9.90 Å². The third-order valence-corrected chi connectivity index (χ3v) is 3.94. The zero-order valence-corrected chi connectivity index (χ0v) is 13.3. The van der Waals surface area contributed by atoms with E-state index >= 15 is 0 Å². The number of aromatic nitrogens is 1. The summed E-state index contributed by atoms with van der Waals surface area (Å²) >= 11 is 3.30. The van der Waals surface area contributed by atoms with Gasteiger partial charge in [0.25, 0.3) is 5.91 Å². The average molecular weight is 358 g/mol. The van der Waals surface area contributed by atoms with Gasteiger partial charge in [0.05, 0.1) is 11.1 Å². The minimum Gasteiger partial charge on any atom is -0.493 e. The van der Waals surface area contributed by atoms with E-state index in [1.54, 1.807) is 18.2 Å². The van der Waals surface area contributed by atoms with Crippen LogP contribution < -0.4 is 0 Å². The first-order valence-electron chi connectivity index (χ1n) is 6.58. The van der Waals surface area contributed by atoms with E-state index in [-0.39, 0.29) is 11.6 Å². The minimum atomic E-state index is -0.478. The molecule has 3 rings (SSSR count). The number of halogens is 1. The fourth-order valence-electron chi connectivity index (χ4n) is 2.16. The number of carbonyl (C=O) groups excluding carboxylic acids is 1. The molecule has 1 heterocycles. The third kappa shape index (κ3) is 2.65. The fourth-order valence-corrected chi connectivity index (χ4v) is 2.62. The van der Waals surface area contributed by atoms with Crippen molar-refractivity contribution in [3.8, 4) is 5.88 Å². The monoisotopic (exact) mass is 357 g/mol. The van der Waals surface area contributed by atoms with Gasteiger partial charge in [-0.1, -0.05) is 23.8 Å². The summed E-state index contributed by atoms with van der Waals surface area (Å²) in [6.45, 7) is 1.94. The molecule has 0 aliphatic rings. The number of nitrogens with zero attached hydrogens (tertiary/aromatic N) is 2. The molecule has 1 amide bonds. The fraction of sp³-hybridized carbons (Fsp3) is 0.0625. The predicted octanol–water partition coefficient (Wildman–Crippen LogP) is 4.87. The maximum atomic E-state index is 12.1. The molecule has 0 bridgehead atoms. The number of H-pyrrole nitrogens is 1. The summed E-state index contributed by atoms with van der Waals surface area (Å²) in [6, 6.07) is 12.6. The van der Waals surface area contributed by atoms with Gasteiger partial charge in [-0.15, -0.1) is 10.2 Å². The van der Waals surface area contributed by atoms with Crippen molar-refractivity contribution in [3.63, 3.8) is 0 Å². The number of aromatic amines is 1. The van der Waals surface area contributed by atoms with Gasteiger partial charge in [-0.2, -0.15) is 0 Å². The number of fused-ring (bicyclic) bond motifs is 1. The molecule has 2 aromatic carbocycles. The molecule has 0 spiro atoms. The minimum absolute atomic E-state index is 0.107. The van der Waals surface area contributed by atoms with E-state index in [0.29, 0.717) is 10.0 Å². The van der Waals surface area contributed by atoms with Gasteiger partial charge in [-0.25, -0.2) is 0 Å². The largest absolute Gasteiger partial charge is 0.493 e. The van der Waals surface area contributed by atoms with Crippen LogP contribution in [-0.4, -0.2) is 16.0 Å². The molecule has 0 aliphatic carbocycles. The topological polar surface area (TPSA) is 77.8 Å². The van der Waals surface area contributed by atoms with E-state index in [4.69, 9.17) is 0 Å². The Morgan fingerprint density at radius 1 is 1.23 bits per heavy atom.